The van der Waals surface area contributed by atoms with Crippen LogP contribution in [0.25, 0.3) is 0 Å². The Kier molecular flexibility index (Phi) is 5.71. The van der Waals surface area contributed by atoms with Gasteiger partial charge in [0.15, 0.2) is 5.11 Å². The van der Waals surface area contributed by atoms with Gasteiger partial charge in [-0.2, -0.15) is 0 Å². The third kappa shape index (κ3) is 4.48. The van der Waals surface area contributed by atoms with Gasteiger partial charge in [-0.15, -0.1) is 0 Å². The first-order valence-corrected chi connectivity index (χ1v) is 8.30. The van der Waals surface area contributed by atoms with E-state index in [9.17, 15) is 0 Å². The zero-order valence-electron chi connectivity index (χ0n) is 13.0. The third-order valence-electron chi connectivity index (χ3n) is 3.74. The van der Waals surface area contributed by atoms with Crippen LogP contribution in [-0.2, 0) is 0 Å². The number of benzene rings is 1. The van der Waals surface area contributed by atoms with Crippen LogP contribution in [0.4, 0.5) is 5.69 Å². The fourth-order valence-corrected chi connectivity index (χ4v) is 2.91. The maximum atomic E-state index is 6.12. The van der Waals surface area contributed by atoms with Crippen molar-refractivity contribution < 1.29 is 0 Å². The molecule has 1 N–H and O–H groups in total. The van der Waals surface area contributed by atoms with Gasteiger partial charge in [0, 0.05) is 43.4 Å². The molecule has 1 aromatic carbocycles. The molecule has 0 bridgehead atoms. The molecule has 0 amide bonds. The van der Waals surface area contributed by atoms with E-state index in [1.807, 2.05) is 6.07 Å². The first kappa shape index (κ1) is 16.4. The first-order chi connectivity index (χ1) is 9.97. The molecule has 1 aromatic rings. The average molecular weight is 326 g/mol. The number of nitrogens with one attached hydrogen (secondary N) is 1. The molecule has 3 nitrogen and oxygen atoms in total. The van der Waals surface area contributed by atoms with Crippen LogP contribution in [0.15, 0.2) is 18.2 Å². The highest BCUT2D eigenvalue weighted by Crippen LogP contribution is 2.25. The number of aryl methyl sites for hydroxylation is 1. The molecule has 2 rings (SSSR count). The van der Waals surface area contributed by atoms with Crippen LogP contribution < -0.4 is 10.2 Å². The van der Waals surface area contributed by atoms with E-state index in [2.05, 4.69) is 48.0 Å². The lowest BCUT2D eigenvalue weighted by molar-refractivity contribution is 0.377. The number of hydrogen-bond acceptors (Lipinski definition) is 2. The number of thiocarbonyl (C=S) groups is 1. The summed E-state index contributed by atoms with van der Waals surface area (Å²) in [5, 5.41) is 5.02. The van der Waals surface area contributed by atoms with Crippen LogP contribution in [-0.4, -0.2) is 42.7 Å². The minimum atomic E-state index is 0.610. The second-order valence-electron chi connectivity index (χ2n) is 5.98. The van der Waals surface area contributed by atoms with E-state index in [1.165, 1.54) is 11.3 Å². The van der Waals surface area contributed by atoms with E-state index in [0.29, 0.717) is 5.92 Å². The Morgan fingerprint density at radius 3 is 2.57 bits per heavy atom. The molecule has 0 atom stereocenters. The maximum Gasteiger partial charge on any atom is 0.169 e. The molecule has 1 aliphatic rings. The Labute approximate surface area is 138 Å². The van der Waals surface area contributed by atoms with Crippen molar-refractivity contribution in [1.82, 2.24) is 10.2 Å². The molecule has 0 radical (unpaired) electrons. The van der Waals surface area contributed by atoms with Crippen molar-refractivity contribution in [1.29, 1.82) is 0 Å². The van der Waals surface area contributed by atoms with E-state index in [-0.39, 0.29) is 0 Å². The molecule has 0 unspecified atom stereocenters. The summed E-state index contributed by atoms with van der Waals surface area (Å²) in [4.78, 5) is 4.65. The summed E-state index contributed by atoms with van der Waals surface area (Å²) in [5.41, 5.74) is 2.51. The summed E-state index contributed by atoms with van der Waals surface area (Å²) in [6.07, 6.45) is 0. The molecule has 5 heteroatoms. The van der Waals surface area contributed by atoms with E-state index in [1.54, 1.807) is 0 Å². The third-order valence-corrected chi connectivity index (χ3v) is 4.38. The highest BCUT2D eigenvalue weighted by atomic mass is 35.5. The molecule has 0 aliphatic carbocycles. The van der Waals surface area contributed by atoms with Crippen LogP contribution in [0.1, 0.15) is 19.4 Å². The number of anilines is 1. The second kappa shape index (κ2) is 7.32. The molecule has 116 valence electrons. The summed E-state index contributed by atoms with van der Waals surface area (Å²) >= 11 is 11.6. The van der Waals surface area contributed by atoms with Gasteiger partial charge < -0.3 is 15.1 Å². The fourth-order valence-electron chi connectivity index (χ4n) is 2.48. The lowest BCUT2D eigenvalue weighted by Gasteiger charge is -2.38. The SMILES string of the molecule is Cc1ccc(Cl)cc1N1CCN(C(=S)NCC(C)C)CC1. The van der Waals surface area contributed by atoms with Gasteiger partial charge in [0.1, 0.15) is 0 Å². The van der Waals surface area contributed by atoms with Crippen LogP contribution in [0, 0.1) is 12.8 Å². The van der Waals surface area contributed by atoms with Gasteiger partial charge in [-0.1, -0.05) is 31.5 Å². The summed E-state index contributed by atoms with van der Waals surface area (Å²) in [6.45, 7) is 11.3. The summed E-state index contributed by atoms with van der Waals surface area (Å²) in [7, 11) is 0. The van der Waals surface area contributed by atoms with E-state index >= 15 is 0 Å². The van der Waals surface area contributed by atoms with Crippen molar-refractivity contribution in [3.63, 3.8) is 0 Å². The number of nitrogens with zero attached hydrogens (tertiary/aromatic N) is 2. The predicted octanol–water partition coefficient (Wildman–Crippen LogP) is 3.30. The van der Waals surface area contributed by atoms with Gasteiger partial charge in [0.25, 0.3) is 0 Å². The van der Waals surface area contributed by atoms with Crippen LogP contribution >= 0.6 is 23.8 Å². The molecule has 1 saturated heterocycles. The van der Waals surface area contributed by atoms with Crippen molar-refractivity contribution in [2.45, 2.75) is 20.8 Å². The normalized spacial score (nSPS) is 15.5. The average Bonchev–Trinajstić information content (AvgIpc) is 2.47. The van der Waals surface area contributed by atoms with Gasteiger partial charge in [-0.25, -0.2) is 0 Å². The predicted molar refractivity (Wildman–Crippen MR) is 95.4 cm³/mol. The van der Waals surface area contributed by atoms with Gasteiger partial charge >= 0.3 is 0 Å². The molecule has 1 fully saturated rings. The smallest absolute Gasteiger partial charge is 0.169 e. The summed E-state index contributed by atoms with van der Waals surface area (Å²) < 4.78 is 0. The highest BCUT2D eigenvalue weighted by molar-refractivity contribution is 7.80. The minimum absolute atomic E-state index is 0.610. The van der Waals surface area contributed by atoms with Crippen LogP contribution in [0.3, 0.4) is 0 Å². The number of rotatable bonds is 3. The van der Waals surface area contributed by atoms with Crippen molar-refractivity contribution in [2.75, 3.05) is 37.6 Å². The lowest BCUT2D eigenvalue weighted by atomic mass is 10.1. The van der Waals surface area contributed by atoms with Gasteiger partial charge in [0.2, 0.25) is 0 Å². The van der Waals surface area contributed by atoms with Gasteiger partial charge in [-0.05, 0) is 42.8 Å². The monoisotopic (exact) mass is 325 g/mol. The van der Waals surface area contributed by atoms with Gasteiger partial charge in [0.05, 0.1) is 0 Å². The quantitative estimate of drug-likeness (QED) is 0.859. The molecule has 0 spiro atoms. The molecule has 21 heavy (non-hydrogen) atoms. The van der Waals surface area contributed by atoms with Crippen molar-refractivity contribution in [3.05, 3.63) is 28.8 Å². The van der Waals surface area contributed by atoms with Crippen LogP contribution in [0.5, 0.6) is 0 Å². The zero-order valence-corrected chi connectivity index (χ0v) is 14.6. The van der Waals surface area contributed by atoms with Crippen LogP contribution in [0.2, 0.25) is 5.02 Å². The van der Waals surface area contributed by atoms with Crippen molar-refractivity contribution >= 4 is 34.6 Å². The molecule has 1 heterocycles. The lowest BCUT2D eigenvalue weighted by Crippen LogP contribution is -2.52. The Morgan fingerprint density at radius 2 is 1.95 bits per heavy atom. The largest absolute Gasteiger partial charge is 0.368 e. The number of piperazine rings is 1. The first-order valence-electron chi connectivity index (χ1n) is 7.51. The molecule has 1 aliphatic heterocycles. The Morgan fingerprint density at radius 1 is 1.29 bits per heavy atom. The highest BCUT2D eigenvalue weighted by Gasteiger charge is 2.20. The molecular weight excluding hydrogens is 302 g/mol. The number of hydrogen-bond donors (Lipinski definition) is 1. The zero-order chi connectivity index (χ0) is 15.4. The fraction of sp³-hybridized carbons (Fsp3) is 0.562. The maximum absolute atomic E-state index is 6.12. The van der Waals surface area contributed by atoms with E-state index in [4.69, 9.17) is 23.8 Å². The Bertz CT molecular complexity index is 496. The Balaban J connectivity index is 1.91. The molecule has 0 aromatic heterocycles. The minimum Gasteiger partial charge on any atom is -0.368 e. The topological polar surface area (TPSA) is 18.5 Å². The summed E-state index contributed by atoms with van der Waals surface area (Å²) in [6, 6.07) is 6.09. The standard InChI is InChI=1S/C16H24ClN3S/c1-12(2)11-18-16(21)20-8-6-19(7-9-20)15-10-14(17)5-4-13(15)3/h4-5,10,12H,6-9,11H2,1-3H3,(H,18,21). The van der Waals surface area contributed by atoms with Gasteiger partial charge in [-0.3, -0.25) is 0 Å². The Hall–Kier alpha value is -1.00. The van der Waals surface area contributed by atoms with Crippen molar-refractivity contribution in [3.8, 4) is 0 Å². The molecular formula is C16H24ClN3S. The van der Waals surface area contributed by atoms with E-state index < -0.39 is 0 Å². The second-order valence-corrected chi connectivity index (χ2v) is 6.81. The molecule has 0 saturated carbocycles. The number of halogens is 1. The summed E-state index contributed by atoms with van der Waals surface area (Å²) in [5.74, 6) is 0.610. The van der Waals surface area contributed by atoms with E-state index in [0.717, 1.165) is 42.9 Å². The van der Waals surface area contributed by atoms with Crippen molar-refractivity contribution in [2.24, 2.45) is 5.92 Å².